The maximum atomic E-state index is 5.76. The first-order valence-corrected chi connectivity index (χ1v) is 19.6. The van der Waals surface area contributed by atoms with Crippen molar-refractivity contribution in [3.63, 3.8) is 0 Å². The van der Waals surface area contributed by atoms with Crippen LogP contribution in [-0.2, 0) is 37.9 Å². The SMILES string of the molecule is COCCOCCOCCOCCOc1csc(-c2ccc(/C=C/c3ccc(-c4nc(OCCOCCOCCOCCOC)cs4)s3)s2)n1. The van der Waals surface area contributed by atoms with Crippen LogP contribution in [-0.4, -0.2) is 130 Å². The van der Waals surface area contributed by atoms with Gasteiger partial charge in [-0.05, 0) is 36.4 Å². The van der Waals surface area contributed by atoms with Gasteiger partial charge in [-0.1, -0.05) is 0 Å². The molecule has 0 aliphatic carbocycles. The average Bonchev–Trinajstić information content (AvgIpc) is 3.96. The minimum Gasteiger partial charge on any atom is -0.475 e. The van der Waals surface area contributed by atoms with Gasteiger partial charge in [0.15, 0.2) is 0 Å². The summed E-state index contributed by atoms with van der Waals surface area (Å²) >= 11 is 6.52. The van der Waals surface area contributed by atoms with Gasteiger partial charge in [0, 0.05) is 24.0 Å². The Balaban J connectivity index is 1.07. The fourth-order valence-corrected chi connectivity index (χ4v) is 7.38. The number of rotatable bonds is 30. The zero-order valence-corrected chi connectivity index (χ0v) is 31.8. The molecule has 0 unspecified atom stereocenters. The van der Waals surface area contributed by atoms with Crippen LogP contribution in [0.25, 0.3) is 31.9 Å². The van der Waals surface area contributed by atoms with Crippen molar-refractivity contribution in [2.24, 2.45) is 0 Å². The number of thiazole rings is 2. The molecule has 0 fully saturated rings. The average molecular weight is 771 g/mol. The molecule has 4 aromatic heterocycles. The number of ether oxygens (including phenoxy) is 10. The van der Waals surface area contributed by atoms with Gasteiger partial charge >= 0.3 is 0 Å². The van der Waals surface area contributed by atoms with Gasteiger partial charge in [-0.3, -0.25) is 0 Å². The quantitative estimate of drug-likeness (QED) is 0.0548. The molecule has 0 spiro atoms. The Labute approximate surface area is 309 Å². The molecule has 0 bridgehead atoms. The summed E-state index contributed by atoms with van der Waals surface area (Å²) in [4.78, 5) is 13.8. The largest absolute Gasteiger partial charge is 0.475 e. The molecule has 0 radical (unpaired) electrons. The summed E-state index contributed by atoms with van der Waals surface area (Å²) in [6, 6.07) is 8.40. The van der Waals surface area contributed by atoms with Crippen LogP contribution in [0.2, 0.25) is 0 Å². The predicted octanol–water partition coefficient (Wildman–Crippen LogP) is 6.38. The first kappa shape index (κ1) is 40.5. The minimum absolute atomic E-state index is 0.430. The second-order valence-electron chi connectivity index (χ2n) is 10.1. The smallest absolute Gasteiger partial charge is 0.225 e. The number of hydrogen-bond donors (Lipinski definition) is 0. The molecule has 16 heteroatoms. The Bertz CT molecular complexity index is 1350. The van der Waals surface area contributed by atoms with Crippen LogP contribution in [0.15, 0.2) is 35.0 Å². The first-order valence-electron chi connectivity index (χ1n) is 16.2. The van der Waals surface area contributed by atoms with Crippen molar-refractivity contribution in [1.29, 1.82) is 0 Å². The van der Waals surface area contributed by atoms with Crippen LogP contribution in [0, 0.1) is 0 Å². The highest BCUT2D eigenvalue weighted by Gasteiger charge is 2.10. The summed E-state index contributed by atoms with van der Waals surface area (Å²) in [5.41, 5.74) is 0. The summed E-state index contributed by atoms with van der Waals surface area (Å²) in [6.07, 6.45) is 4.26. The molecule has 4 rings (SSSR count). The highest BCUT2D eigenvalue weighted by atomic mass is 32.1. The number of methoxy groups -OCH3 is 2. The second kappa shape index (κ2) is 25.6. The lowest BCUT2D eigenvalue weighted by molar-refractivity contribution is 0.0000296. The van der Waals surface area contributed by atoms with Crippen molar-refractivity contribution in [2.45, 2.75) is 0 Å². The van der Waals surface area contributed by atoms with Gasteiger partial charge in [-0.25, -0.2) is 9.97 Å². The van der Waals surface area contributed by atoms with Crippen molar-refractivity contribution >= 4 is 57.5 Å². The number of hydrogen-bond acceptors (Lipinski definition) is 16. The molecular weight excluding hydrogens is 725 g/mol. The van der Waals surface area contributed by atoms with E-state index < -0.39 is 0 Å². The number of aromatic nitrogens is 2. The molecule has 50 heavy (non-hydrogen) atoms. The molecule has 0 aromatic carbocycles. The molecule has 0 aliphatic rings. The molecule has 4 heterocycles. The standard InChI is InChI=1S/C34H46N2O10S4/c1-37-9-11-39-13-15-41-17-19-43-21-23-45-31-25-47-33(35-31)29-7-5-27(49-29)3-4-28-6-8-30(50-28)34-36-32(26-48-34)46-24-22-44-20-18-42-16-14-40-12-10-38-2/h3-8,25-26H,9-24H2,1-2H3/b4-3+. The lowest BCUT2D eigenvalue weighted by atomic mass is 10.3. The van der Waals surface area contributed by atoms with E-state index in [1.807, 2.05) is 10.8 Å². The molecule has 0 saturated carbocycles. The van der Waals surface area contributed by atoms with E-state index in [0.717, 1.165) is 29.5 Å². The van der Waals surface area contributed by atoms with Crippen molar-refractivity contribution in [2.75, 3.05) is 120 Å². The summed E-state index contributed by atoms with van der Waals surface area (Å²) in [5, 5.41) is 5.72. The summed E-state index contributed by atoms with van der Waals surface area (Å²) in [7, 11) is 3.30. The summed E-state index contributed by atoms with van der Waals surface area (Å²) in [5.74, 6) is 1.22. The van der Waals surface area contributed by atoms with Gasteiger partial charge < -0.3 is 47.4 Å². The zero-order valence-electron chi connectivity index (χ0n) is 28.5. The van der Waals surface area contributed by atoms with Crippen LogP contribution >= 0.6 is 45.3 Å². The van der Waals surface area contributed by atoms with E-state index in [9.17, 15) is 0 Å². The zero-order chi connectivity index (χ0) is 34.9. The number of nitrogens with zero attached hydrogens (tertiary/aromatic N) is 2. The van der Waals surface area contributed by atoms with Crippen LogP contribution < -0.4 is 9.47 Å². The molecule has 0 N–H and O–H groups in total. The van der Waals surface area contributed by atoms with Crippen LogP contribution in [0.1, 0.15) is 9.75 Å². The Morgan fingerprint density at radius 3 is 1.16 bits per heavy atom. The number of thiophene rings is 2. The molecular formula is C34H46N2O10S4. The van der Waals surface area contributed by atoms with E-state index in [0.29, 0.717) is 117 Å². The van der Waals surface area contributed by atoms with Gasteiger partial charge in [0.25, 0.3) is 0 Å². The third-order valence-electron chi connectivity index (χ3n) is 6.36. The van der Waals surface area contributed by atoms with Gasteiger partial charge in [-0.2, -0.15) is 0 Å². The molecule has 0 amide bonds. The lowest BCUT2D eigenvalue weighted by Gasteiger charge is -2.07. The maximum Gasteiger partial charge on any atom is 0.225 e. The van der Waals surface area contributed by atoms with Crippen molar-refractivity contribution in [3.05, 3.63) is 44.8 Å². The fourth-order valence-electron chi connectivity index (χ4n) is 3.93. The van der Waals surface area contributed by atoms with E-state index in [1.165, 1.54) is 0 Å². The molecule has 4 aromatic rings. The van der Waals surface area contributed by atoms with Crippen LogP contribution in [0.5, 0.6) is 11.8 Å². The van der Waals surface area contributed by atoms with E-state index in [4.69, 9.17) is 47.4 Å². The molecule has 276 valence electrons. The second-order valence-corrected chi connectivity index (χ2v) is 14.0. The highest BCUT2D eigenvalue weighted by molar-refractivity contribution is 7.22. The monoisotopic (exact) mass is 770 g/mol. The first-order chi connectivity index (χ1) is 24.7. The highest BCUT2D eigenvalue weighted by Crippen LogP contribution is 2.35. The van der Waals surface area contributed by atoms with Gasteiger partial charge in [-0.15, -0.1) is 45.3 Å². The van der Waals surface area contributed by atoms with Crippen LogP contribution in [0.3, 0.4) is 0 Å². The fraction of sp³-hybridized carbons (Fsp3) is 0.529. The van der Waals surface area contributed by atoms with Crippen molar-refractivity contribution in [3.8, 4) is 31.5 Å². The Kier molecular flexibility index (Phi) is 20.7. The topological polar surface area (TPSA) is 118 Å². The summed E-state index contributed by atoms with van der Waals surface area (Å²) in [6.45, 7) is 8.34. The Morgan fingerprint density at radius 1 is 0.460 bits per heavy atom. The van der Waals surface area contributed by atoms with Crippen molar-refractivity contribution < 1.29 is 47.4 Å². The van der Waals surface area contributed by atoms with E-state index >= 15 is 0 Å². The Hall–Kier alpha value is -2.32. The lowest BCUT2D eigenvalue weighted by Crippen LogP contribution is -2.13. The van der Waals surface area contributed by atoms with Crippen molar-refractivity contribution in [1.82, 2.24) is 9.97 Å². The molecule has 12 nitrogen and oxygen atoms in total. The third-order valence-corrected chi connectivity index (χ3v) is 10.4. The van der Waals surface area contributed by atoms with Gasteiger partial charge in [0.2, 0.25) is 11.8 Å². The van der Waals surface area contributed by atoms with E-state index in [2.05, 4.69) is 46.4 Å². The van der Waals surface area contributed by atoms with Crippen LogP contribution in [0.4, 0.5) is 0 Å². The Morgan fingerprint density at radius 2 is 0.800 bits per heavy atom. The predicted molar refractivity (Wildman–Crippen MR) is 199 cm³/mol. The van der Waals surface area contributed by atoms with E-state index in [1.54, 1.807) is 59.6 Å². The molecule has 0 saturated heterocycles. The van der Waals surface area contributed by atoms with E-state index in [-0.39, 0.29) is 0 Å². The van der Waals surface area contributed by atoms with Gasteiger partial charge in [0.05, 0.1) is 113 Å². The normalized spacial score (nSPS) is 11.6. The summed E-state index contributed by atoms with van der Waals surface area (Å²) < 4.78 is 54.1. The molecule has 0 aliphatic heterocycles. The maximum absolute atomic E-state index is 5.76. The van der Waals surface area contributed by atoms with Gasteiger partial charge in [0.1, 0.15) is 23.2 Å². The molecule has 0 atom stereocenters. The minimum atomic E-state index is 0.430. The third kappa shape index (κ3) is 16.4.